The first-order valence-corrected chi connectivity index (χ1v) is 7.07. The van der Waals surface area contributed by atoms with Gasteiger partial charge in [-0.1, -0.05) is 24.3 Å². The number of nitrogens with one attached hydrogen (secondary N) is 1. The van der Waals surface area contributed by atoms with Crippen LogP contribution in [-0.4, -0.2) is 26.5 Å². The van der Waals surface area contributed by atoms with Crippen molar-refractivity contribution in [3.63, 3.8) is 0 Å². The van der Waals surface area contributed by atoms with E-state index in [1.807, 2.05) is 44.4 Å². The van der Waals surface area contributed by atoms with E-state index in [9.17, 15) is 10.2 Å². The van der Waals surface area contributed by atoms with Gasteiger partial charge in [-0.15, -0.1) is 0 Å². The zero-order chi connectivity index (χ0) is 15.5. The van der Waals surface area contributed by atoms with Crippen LogP contribution in [0.3, 0.4) is 0 Å². The summed E-state index contributed by atoms with van der Waals surface area (Å²) in [5.74, 6) is 0. The van der Waals surface area contributed by atoms with Crippen molar-refractivity contribution < 1.29 is 10.2 Å². The fourth-order valence-electron chi connectivity index (χ4n) is 2.23. The SMILES string of the molecule is CC(NCC(C)(O)c1cnn(C)c1)c1cccc(CO)c1. The van der Waals surface area contributed by atoms with Crippen molar-refractivity contribution in [2.45, 2.75) is 32.1 Å². The summed E-state index contributed by atoms with van der Waals surface area (Å²) < 4.78 is 1.68. The molecule has 0 bridgehead atoms. The van der Waals surface area contributed by atoms with Crippen molar-refractivity contribution >= 4 is 0 Å². The topological polar surface area (TPSA) is 70.3 Å². The number of nitrogens with zero attached hydrogens (tertiary/aromatic N) is 2. The Morgan fingerprint density at radius 2 is 2.19 bits per heavy atom. The lowest BCUT2D eigenvalue weighted by molar-refractivity contribution is 0.0543. The zero-order valence-electron chi connectivity index (χ0n) is 12.7. The van der Waals surface area contributed by atoms with Crippen LogP contribution in [0.2, 0.25) is 0 Å². The quantitative estimate of drug-likeness (QED) is 0.753. The maximum absolute atomic E-state index is 10.5. The number of hydrogen-bond acceptors (Lipinski definition) is 4. The summed E-state index contributed by atoms with van der Waals surface area (Å²) in [4.78, 5) is 0. The van der Waals surface area contributed by atoms with Gasteiger partial charge in [0.2, 0.25) is 0 Å². The summed E-state index contributed by atoms with van der Waals surface area (Å²) in [5, 5.41) is 27.1. The van der Waals surface area contributed by atoms with E-state index in [2.05, 4.69) is 10.4 Å². The third-order valence-electron chi connectivity index (χ3n) is 3.71. The molecule has 0 saturated carbocycles. The largest absolute Gasteiger partial charge is 0.392 e. The molecule has 0 spiro atoms. The summed E-state index contributed by atoms with van der Waals surface area (Å²) in [6, 6.07) is 7.88. The summed E-state index contributed by atoms with van der Waals surface area (Å²) in [6.45, 7) is 4.26. The van der Waals surface area contributed by atoms with Crippen LogP contribution in [0, 0.1) is 0 Å². The number of aryl methyl sites for hydroxylation is 1. The van der Waals surface area contributed by atoms with Crippen LogP contribution in [-0.2, 0) is 19.3 Å². The minimum Gasteiger partial charge on any atom is -0.392 e. The molecule has 2 unspecified atom stereocenters. The molecule has 2 atom stereocenters. The lowest BCUT2D eigenvalue weighted by Crippen LogP contribution is -2.36. The van der Waals surface area contributed by atoms with Crippen molar-refractivity contribution in [2.75, 3.05) is 6.54 Å². The third-order valence-corrected chi connectivity index (χ3v) is 3.71. The van der Waals surface area contributed by atoms with Gasteiger partial charge in [-0.05, 0) is 25.0 Å². The fourth-order valence-corrected chi connectivity index (χ4v) is 2.23. The fraction of sp³-hybridized carbons (Fsp3) is 0.438. The maximum atomic E-state index is 10.5. The second-order valence-corrected chi connectivity index (χ2v) is 5.68. The Balaban J connectivity index is 2.01. The molecular weight excluding hydrogens is 266 g/mol. The van der Waals surface area contributed by atoms with Crippen molar-refractivity contribution in [1.29, 1.82) is 0 Å². The van der Waals surface area contributed by atoms with E-state index in [-0.39, 0.29) is 12.6 Å². The lowest BCUT2D eigenvalue weighted by atomic mass is 9.98. The zero-order valence-corrected chi connectivity index (χ0v) is 12.7. The maximum Gasteiger partial charge on any atom is 0.102 e. The van der Waals surface area contributed by atoms with E-state index >= 15 is 0 Å². The van der Waals surface area contributed by atoms with E-state index < -0.39 is 5.60 Å². The minimum atomic E-state index is -0.975. The minimum absolute atomic E-state index is 0.0357. The molecule has 0 fully saturated rings. The average Bonchev–Trinajstić information content (AvgIpc) is 2.92. The molecular formula is C16H23N3O2. The van der Waals surface area contributed by atoms with Gasteiger partial charge in [-0.3, -0.25) is 4.68 Å². The highest BCUT2D eigenvalue weighted by Crippen LogP contribution is 2.21. The van der Waals surface area contributed by atoms with Gasteiger partial charge in [-0.2, -0.15) is 5.10 Å². The highest BCUT2D eigenvalue weighted by atomic mass is 16.3. The molecule has 3 N–H and O–H groups in total. The molecule has 5 heteroatoms. The molecule has 0 radical (unpaired) electrons. The predicted octanol–water partition coefficient (Wildman–Crippen LogP) is 1.47. The summed E-state index contributed by atoms with van der Waals surface area (Å²) in [5.41, 5.74) is 1.79. The Labute approximate surface area is 125 Å². The molecule has 0 aliphatic rings. The summed E-state index contributed by atoms with van der Waals surface area (Å²) >= 11 is 0. The van der Waals surface area contributed by atoms with E-state index in [1.54, 1.807) is 17.8 Å². The Morgan fingerprint density at radius 1 is 1.43 bits per heavy atom. The van der Waals surface area contributed by atoms with E-state index in [0.29, 0.717) is 6.54 Å². The molecule has 0 aliphatic heterocycles. The van der Waals surface area contributed by atoms with E-state index in [0.717, 1.165) is 16.7 Å². The molecule has 0 saturated heterocycles. The standard InChI is InChI=1S/C16H23N3O2/c1-12(14-6-4-5-13(7-14)10-20)17-11-16(2,21)15-8-18-19(3)9-15/h4-9,12,17,20-21H,10-11H2,1-3H3. The number of hydrogen-bond donors (Lipinski definition) is 3. The van der Waals surface area contributed by atoms with Gasteiger partial charge in [0.25, 0.3) is 0 Å². The third kappa shape index (κ3) is 3.91. The Morgan fingerprint density at radius 3 is 2.81 bits per heavy atom. The highest BCUT2D eigenvalue weighted by Gasteiger charge is 2.25. The first-order valence-electron chi connectivity index (χ1n) is 7.07. The Kier molecular flexibility index (Phi) is 4.77. The smallest absolute Gasteiger partial charge is 0.102 e. The first-order chi connectivity index (χ1) is 9.92. The normalized spacial score (nSPS) is 15.7. The number of aromatic nitrogens is 2. The van der Waals surface area contributed by atoms with Gasteiger partial charge < -0.3 is 15.5 Å². The van der Waals surface area contributed by atoms with E-state index in [1.165, 1.54) is 0 Å². The second kappa shape index (κ2) is 6.39. The van der Waals surface area contributed by atoms with Crippen LogP contribution in [0.1, 0.15) is 36.6 Å². The van der Waals surface area contributed by atoms with Crippen LogP contribution in [0.15, 0.2) is 36.7 Å². The molecule has 2 rings (SSSR count). The first kappa shape index (κ1) is 15.7. The van der Waals surface area contributed by atoms with Crippen LogP contribution in [0.4, 0.5) is 0 Å². The van der Waals surface area contributed by atoms with Crippen LogP contribution in [0.5, 0.6) is 0 Å². The van der Waals surface area contributed by atoms with Gasteiger partial charge in [0.05, 0.1) is 12.8 Å². The lowest BCUT2D eigenvalue weighted by Gasteiger charge is -2.25. The molecule has 0 aliphatic carbocycles. The van der Waals surface area contributed by atoms with Gasteiger partial charge in [0, 0.05) is 31.4 Å². The molecule has 21 heavy (non-hydrogen) atoms. The van der Waals surface area contributed by atoms with Crippen molar-refractivity contribution in [3.05, 3.63) is 53.3 Å². The van der Waals surface area contributed by atoms with Gasteiger partial charge in [-0.25, -0.2) is 0 Å². The number of rotatable bonds is 6. The molecule has 114 valence electrons. The number of aliphatic hydroxyl groups is 2. The van der Waals surface area contributed by atoms with Crippen molar-refractivity contribution in [2.24, 2.45) is 7.05 Å². The molecule has 2 aromatic rings. The highest BCUT2D eigenvalue weighted by molar-refractivity contribution is 5.25. The molecule has 5 nitrogen and oxygen atoms in total. The van der Waals surface area contributed by atoms with Crippen LogP contribution < -0.4 is 5.32 Å². The van der Waals surface area contributed by atoms with Crippen LogP contribution >= 0.6 is 0 Å². The average molecular weight is 289 g/mol. The van der Waals surface area contributed by atoms with Crippen molar-refractivity contribution in [1.82, 2.24) is 15.1 Å². The monoisotopic (exact) mass is 289 g/mol. The summed E-state index contributed by atoms with van der Waals surface area (Å²) in [7, 11) is 1.83. The van der Waals surface area contributed by atoms with Gasteiger partial charge >= 0.3 is 0 Å². The second-order valence-electron chi connectivity index (χ2n) is 5.68. The molecule has 0 amide bonds. The van der Waals surface area contributed by atoms with Crippen molar-refractivity contribution in [3.8, 4) is 0 Å². The molecule has 1 aromatic carbocycles. The molecule has 1 heterocycles. The Bertz CT molecular complexity index is 593. The Hall–Kier alpha value is -1.69. The number of benzene rings is 1. The molecule has 1 aromatic heterocycles. The van der Waals surface area contributed by atoms with Crippen LogP contribution in [0.25, 0.3) is 0 Å². The van der Waals surface area contributed by atoms with Gasteiger partial charge in [0.1, 0.15) is 5.60 Å². The predicted molar refractivity (Wildman–Crippen MR) is 81.6 cm³/mol. The van der Waals surface area contributed by atoms with E-state index in [4.69, 9.17) is 0 Å². The number of aliphatic hydroxyl groups excluding tert-OH is 1. The van der Waals surface area contributed by atoms with Gasteiger partial charge in [0.15, 0.2) is 0 Å². The summed E-state index contributed by atoms with van der Waals surface area (Å²) in [6.07, 6.45) is 3.50.